The molecule has 0 aromatic heterocycles. The minimum absolute atomic E-state index is 0.975. The van der Waals surface area contributed by atoms with Gasteiger partial charge in [-0.3, -0.25) is 0 Å². The monoisotopic (exact) mass is 580 g/mol. The summed E-state index contributed by atoms with van der Waals surface area (Å²) >= 11 is 11.6. The van der Waals surface area contributed by atoms with E-state index in [2.05, 4.69) is 117 Å². The van der Waals surface area contributed by atoms with E-state index in [1.54, 1.807) is 0 Å². The van der Waals surface area contributed by atoms with Gasteiger partial charge in [0.1, 0.15) is 0 Å². The summed E-state index contributed by atoms with van der Waals surface area (Å²) < 4.78 is 2.42. The molecule has 32 heavy (non-hydrogen) atoms. The quantitative estimate of drug-likeness (QED) is 0.231. The van der Waals surface area contributed by atoms with E-state index in [1.165, 1.54) is 53.5 Å². The van der Waals surface area contributed by atoms with Gasteiger partial charge in [-0.25, -0.2) is 0 Å². The highest BCUT2D eigenvalue weighted by Gasteiger charge is 2.16. The summed E-state index contributed by atoms with van der Waals surface area (Å²) in [6, 6.07) is 31.1. The normalized spacial score (nSPS) is 13.8. The zero-order valence-electron chi connectivity index (χ0n) is 17.5. The average molecular weight is 582 g/mol. The van der Waals surface area contributed by atoms with Gasteiger partial charge >= 0.3 is 0 Å². The molecule has 4 aromatic carbocycles. The largest absolute Gasteiger partial charge is 0.152 e. The topological polar surface area (TPSA) is 0 Å². The second-order valence-electron chi connectivity index (χ2n) is 7.92. The lowest BCUT2D eigenvalue weighted by Gasteiger charge is -2.19. The predicted octanol–water partition coefficient (Wildman–Crippen LogP) is 9.73. The maximum Gasteiger partial charge on any atom is 0.0219 e. The fraction of sp³-hybridized carbons (Fsp3) is 0.143. The minimum Gasteiger partial charge on any atom is -0.152 e. The lowest BCUT2D eigenvalue weighted by Crippen LogP contribution is -1.98. The fourth-order valence-corrected chi connectivity index (χ4v) is 7.57. The van der Waals surface area contributed by atoms with E-state index in [1.807, 2.05) is 23.5 Å². The molecular weight excluding hydrogens is 560 g/mol. The van der Waals surface area contributed by atoms with Crippen molar-refractivity contribution in [3.8, 4) is 22.3 Å². The number of hydrogen-bond donors (Lipinski definition) is 0. The lowest BCUT2D eigenvalue weighted by atomic mass is 9.92. The smallest absolute Gasteiger partial charge is 0.0219 e. The Balaban J connectivity index is 1.64. The number of rotatable bonds is 2. The molecule has 8 rings (SSSR count). The Morgan fingerprint density at radius 2 is 0.844 bits per heavy atom. The Morgan fingerprint density at radius 1 is 0.469 bits per heavy atom. The van der Waals surface area contributed by atoms with Gasteiger partial charge in [0.15, 0.2) is 0 Å². The van der Waals surface area contributed by atoms with Gasteiger partial charge in [0, 0.05) is 32.0 Å². The summed E-state index contributed by atoms with van der Waals surface area (Å²) in [5.41, 5.74) is 10.8. The molecule has 4 aliphatic heterocycles. The molecule has 0 atom stereocenters. The Bertz CT molecular complexity index is 1140. The molecule has 0 unspecified atom stereocenters. The number of halogens is 2. The highest BCUT2D eigenvalue weighted by molar-refractivity contribution is 9.11. The van der Waals surface area contributed by atoms with Crippen LogP contribution in [0.1, 0.15) is 22.3 Å². The maximum absolute atomic E-state index is 3.81. The highest BCUT2D eigenvalue weighted by Crippen LogP contribution is 2.39. The molecule has 4 aromatic rings. The van der Waals surface area contributed by atoms with Crippen molar-refractivity contribution in [2.24, 2.45) is 0 Å². The van der Waals surface area contributed by atoms with Crippen LogP contribution >= 0.6 is 55.4 Å². The average Bonchev–Trinajstić information content (AvgIpc) is 2.83. The number of thioether (sulfide) groups is 2. The van der Waals surface area contributed by atoms with Crippen LogP contribution < -0.4 is 0 Å². The summed E-state index contributed by atoms with van der Waals surface area (Å²) in [4.78, 5) is 0. The highest BCUT2D eigenvalue weighted by atomic mass is 79.9. The van der Waals surface area contributed by atoms with E-state index in [4.69, 9.17) is 0 Å². The van der Waals surface area contributed by atoms with Gasteiger partial charge in [-0.05, 0) is 68.8 Å². The summed E-state index contributed by atoms with van der Waals surface area (Å²) in [5, 5.41) is 0. The molecule has 0 spiro atoms. The van der Waals surface area contributed by atoms with Gasteiger partial charge in [0.05, 0.1) is 0 Å². The molecule has 0 aliphatic carbocycles. The Hall–Kier alpha value is -1.46. The molecule has 0 fully saturated rings. The molecule has 0 saturated heterocycles. The third-order valence-electron chi connectivity index (χ3n) is 5.74. The van der Waals surface area contributed by atoms with Crippen LogP contribution in [0.2, 0.25) is 0 Å². The van der Waals surface area contributed by atoms with E-state index < -0.39 is 0 Å². The van der Waals surface area contributed by atoms with Crippen LogP contribution in [-0.2, 0) is 23.0 Å². The first-order valence-electron chi connectivity index (χ1n) is 10.6. The standard InChI is InChI=1S/C28H22Br2S2/c29-27-14-24-18-32-16-22-11-25(19-7-3-1-4-8-19)21(15-31-17-23(27)13-28(24)30)12-26(22)20-9-5-2-6-10-20/h1-14H,15-18H2. The van der Waals surface area contributed by atoms with Gasteiger partial charge in [-0.15, -0.1) is 0 Å². The van der Waals surface area contributed by atoms with E-state index in [0.29, 0.717) is 0 Å². The van der Waals surface area contributed by atoms with Crippen molar-refractivity contribution in [1.29, 1.82) is 0 Å². The molecule has 4 aliphatic rings. The fourth-order valence-electron chi connectivity index (χ4n) is 4.09. The third kappa shape index (κ3) is 4.89. The second-order valence-corrected chi connectivity index (χ2v) is 11.6. The van der Waals surface area contributed by atoms with Crippen molar-refractivity contribution in [3.63, 3.8) is 0 Å². The van der Waals surface area contributed by atoms with Crippen LogP contribution in [0.4, 0.5) is 0 Å². The summed E-state index contributed by atoms with van der Waals surface area (Å²) in [5.74, 6) is 3.90. The van der Waals surface area contributed by atoms with Crippen molar-refractivity contribution in [1.82, 2.24) is 0 Å². The van der Waals surface area contributed by atoms with Crippen LogP contribution in [0.15, 0.2) is 93.9 Å². The van der Waals surface area contributed by atoms with E-state index in [0.717, 1.165) is 23.0 Å². The number of hydrogen-bond acceptors (Lipinski definition) is 2. The van der Waals surface area contributed by atoms with Crippen LogP contribution in [0, 0.1) is 0 Å². The Labute approximate surface area is 215 Å². The Kier molecular flexibility index (Phi) is 7.13. The maximum atomic E-state index is 3.81. The van der Waals surface area contributed by atoms with Crippen LogP contribution in [0.5, 0.6) is 0 Å². The molecular formula is C28H22Br2S2. The molecule has 0 nitrogen and oxygen atoms in total. The van der Waals surface area contributed by atoms with E-state index in [9.17, 15) is 0 Å². The molecule has 160 valence electrons. The van der Waals surface area contributed by atoms with Crippen LogP contribution in [0.3, 0.4) is 0 Å². The molecule has 4 heteroatoms. The lowest BCUT2D eigenvalue weighted by molar-refractivity contribution is 1.27. The first-order valence-corrected chi connectivity index (χ1v) is 14.5. The van der Waals surface area contributed by atoms with Gasteiger partial charge in [0.25, 0.3) is 0 Å². The predicted molar refractivity (Wildman–Crippen MR) is 149 cm³/mol. The first-order chi connectivity index (χ1) is 15.7. The second kappa shape index (κ2) is 10.2. The summed E-state index contributed by atoms with van der Waals surface area (Å²) in [6.07, 6.45) is 0. The molecule has 4 heterocycles. The molecule has 0 radical (unpaired) electrons. The van der Waals surface area contributed by atoms with Gasteiger partial charge < -0.3 is 0 Å². The van der Waals surface area contributed by atoms with Crippen molar-refractivity contribution in [3.05, 3.63) is 116 Å². The van der Waals surface area contributed by atoms with Crippen molar-refractivity contribution < 1.29 is 0 Å². The minimum atomic E-state index is 0.975. The van der Waals surface area contributed by atoms with Crippen LogP contribution in [0.25, 0.3) is 22.3 Å². The van der Waals surface area contributed by atoms with Gasteiger partial charge in [-0.1, -0.05) is 92.5 Å². The zero-order valence-corrected chi connectivity index (χ0v) is 22.3. The van der Waals surface area contributed by atoms with Crippen LogP contribution in [-0.4, -0.2) is 0 Å². The van der Waals surface area contributed by atoms with Crippen molar-refractivity contribution >= 4 is 55.4 Å². The summed E-state index contributed by atoms with van der Waals surface area (Å²) in [6.45, 7) is 0. The van der Waals surface area contributed by atoms with E-state index >= 15 is 0 Å². The first kappa shape index (κ1) is 22.3. The third-order valence-corrected chi connectivity index (χ3v) is 9.28. The van der Waals surface area contributed by atoms with Crippen molar-refractivity contribution in [2.45, 2.75) is 23.0 Å². The zero-order chi connectivity index (χ0) is 21.9. The molecule has 0 saturated carbocycles. The molecule has 4 bridgehead atoms. The molecule has 0 N–H and O–H groups in total. The van der Waals surface area contributed by atoms with E-state index in [-0.39, 0.29) is 0 Å². The van der Waals surface area contributed by atoms with Crippen molar-refractivity contribution in [2.75, 3.05) is 0 Å². The Morgan fingerprint density at radius 3 is 1.25 bits per heavy atom. The van der Waals surface area contributed by atoms with Gasteiger partial charge in [0.2, 0.25) is 0 Å². The molecule has 0 amide bonds. The summed E-state index contributed by atoms with van der Waals surface area (Å²) in [7, 11) is 0. The SMILES string of the molecule is Brc1cc2c(Br)cc1CSCc1cc(-c3ccccc3)c(cc1-c1ccccc1)CSC2. The number of benzene rings is 4. The van der Waals surface area contributed by atoms with Gasteiger partial charge in [-0.2, -0.15) is 23.5 Å².